The second kappa shape index (κ2) is 8.27. The normalized spacial score (nSPS) is 15.6. The van der Waals surface area contributed by atoms with E-state index in [0.29, 0.717) is 37.6 Å². The van der Waals surface area contributed by atoms with Gasteiger partial charge in [-0.1, -0.05) is 6.07 Å². The van der Waals surface area contributed by atoms with E-state index in [4.69, 9.17) is 10.00 Å². The van der Waals surface area contributed by atoms with Gasteiger partial charge in [0.05, 0.1) is 31.9 Å². The zero-order valence-electron chi connectivity index (χ0n) is 13.2. The molecule has 7 heteroatoms. The van der Waals surface area contributed by atoms with Gasteiger partial charge in [-0.05, 0) is 18.2 Å². The average molecular weight is 317 g/mol. The molecule has 1 atom stereocenters. The molecule has 1 aliphatic rings. The highest BCUT2D eigenvalue weighted by atomic mass is 16.5. The lowest BCUT2D eigenvalue weighted by Crippen LogP contribution is -3.11. The molecular formula is C16H21N4O3+. The highest BCUT2D eigenvalue weighted by Crippen LogP contribution is 2.09. The van der Waals surface area contributed by atoms with Crippen LogP contribution in [0.15, 0.2) is 24.3 Å². The summed E-state index contributed by atoms with van der Waals surface area (Å²) in [6, 6.07) is 8.76. The number of anilines is 1. The molecule has 0 bridgehead atoms. The van der Waals surface area contributed by atoms with Crippen LogP contribution >= 0.6 is 0 Å². The molecule has 0 radical (unpaired) electrons. The molecule has 2 N–H and O–H groups in total. The molecule has 7 nitrogen and oxygen atoms in total. The number of benzene rings is 1. The Hall–Kier alpha value is -2.43. The van der Waals surface area contributed by atoms with Crippen LogP contribution in [0.4, 0.5) is 5.69 Å². The van der Waals surface area contributed by atoms with E-state index in [1.54, 1.807) is 29.2 Å². The van der Waals surface area contributed by atoms with E-state index in [2.05, 4.69) is 5.32 Å². The van der Waals surface area contributed by atoms with Crippen molar-refractivity contribution in [2.24, 2.45) is 0 Å². The topological polar surface area (TPSA) is 86.9 Å². The number of hydrogen-bond acceptors (Lipinski definition) is 4. The largest absolute Gasteiger partial charge is 0.378 e. The number of morpholine rings is 1. The van der Waals surface area contributed by atoms with Crippen LogP contribution < -0.4 is 10.2 Å². The number of hydrogen-bond donors (Lipinski definition) is 2. The monoisotopic (exact) mass is 317 g/mol. The first kappa shape index (κ1) is 16.9. The molecule has 1 aliphatic heterocycles. The first-order valence-corrected chi connectivity index (χ1v) is 7.55. The maximum atomic E-state index is 12.1. The number of carbonyl (C=O) groups excluding carboxylic acids is 2. The van der Waals surface area contributed by atoms with Crippen molar-refractivity contribution >= 4 is 17.5 Å². The Labute approximate surface area is 135 Å². The van der Waals surface area contributed by atoms with Crippen LogP contribution in [0.1, 0.15) is 5.56 Å². The number of nitrogens with zero attached hydrogens (tertiary/aromatic N) is 2. The van der Waals surface area contributed by atoms with E-state index >= 15 is 0 Å². The minimum absolute atomic E-state index is 0.0325. The Morgan fingerprint density at radius 3 is 2.78 bits per heavy atom. The fraction of sp³-hybridized carbons (Fsp3) is 0.438. The molecule has 1 fully saturated rings. The van der Waals surface area contributed by atoms with E-state index in [-0.39, 0.29) is 24.9 Å². The van der Waals surface area contributed by atoms with Gasteiger partial charge in [0, 0.05) is 18.8 Å². The first-order chi connectivity index (χ1) is 11.1. The molecule has 2 amide bonds. The molecule has 1 aromatic rings. The second-order valence-electron chi connectivity index (χ2n) is 5.54. The van der Waals surface area contributed by atoms with E-state index in [1.807, 2.05) is 13.1 Å². The third-order valence-corrected chi connectivity index (χ3v) is 3.55. The summed E-state index contributed by atoms with van der Waals surface area (Å²) < 4.78 is 5.22. The van der Waals surface area contributed by atoms with Crippen LogP contribution in [0.2, 0.25) is 0 Å². The Bertz CT molecular complexity index is 606. The van der Waals surface area contributed by atoms with Crippen molar-refractivity contribution in [3.8, 4) is 6.07 Å². The first-order valence-electron chi connectivity index (χ1n) is 7.55. The van der Waals surface area contributed by atoms with E-state index in [0.717, 1.165) is 4.90 Å². The Morgan fingerprint density at radius 1 is 1.35 bits per heavy atom. The third kappa shape index (κ3) is 5.36. The maximum absolute atomic E-state index is 12.1. The van der Waals surface area contributed by atoms with Crippen molar-refractivity contribution in [2.75, 3.05) is 51.8 Å². The molecular weight excluding hydrogens is 296 g/mol. The number of ether oxygens (including phenoxy) is 1. The third-order valence-electron chi connectivity index (χ3n) is 3.55. The SMILES string of the molecule is C[NH+](CC(=O)Nc1cccc(C#N)c1)CC(=O)N1CCOCC1. The zero-order valence-corrected chi connectivity index (χ0v) is 13.2. The Balaban J connectivity index is 1.79. The Morgan fingerprint density at radius 2 is 2.09 bits per heavy atom. The van der Waals surface area contributed by atoms with E-state index in [1.165, 1.54) is 0 Å². The fourth-order valence-corrected chi connectivity index (χ4v) is 2.39. The van der Waals surface area contributed by atoms with Gasteiger partial charge in [0.1, 0.15) is 0 Å². The van der Waals surface area contributed by atoms with Gasteiger partial charge in [0.25, 0.3) is 11.8 Å². The second-order valence-corrected chi connectivity index (χ2v) is 5.54. The highest BCUT2D eigenvalue weighted by molar-refractivity contribution is 5.91. The lowest BCUT2D eigenvalue weighted by Gasteiger charge is -2.27. The molecule has 23 heavy (non-hydrogen) atoms. The van der Waals surface area contributed by atoms with Gasteiger partial charge in [0.15, 0.2) is 13.1 Å². The predicted molar refractivity (Wildman–Crippen MR) is 83.8 cm³/mol. The van der Waals surface area contributed by atoms with Crippen LogP contribution in [-0.2, 0) is 14.3 Å². The molecule has 122 valence electrons. The van der Waals surface area contributed by atoms with Gasteiger partial charge in [0.2, 0.25) is 0 Å². The molecule has 0 spiro atoms. The molecule has 0 aromatic heterocycles. The van der Waals surface area contributed by atoms with Gasteiger partial charge >= 0.3 is 0 Å². The van der Waals surface area contributed by atoms with Gasteiger partial charge in [-0.15, -0.1) is 0 Å². The number of quaternary nitrogens is 1. The summed E-state index contributed by atoms with van der Waals surface area (Å²) in [5, 5.41) is 11.6. The number of amides is 2. The lowest BCUT2D eigenvalue weighted by atomic mass is 10.2. The van der Waals surface area contributed by atoms with Crippen LogP contribution in [0.5, 0.6) is 0 Å². The zero-order chi connectivity index (χ0) is 16.7. The number of carbonyl (C=O) groups is 2. The van der Waals surface area contributed by atoms with Crippen molar-refractivity contribution in [1.29, 1.82) is 5.26 Å². The Kier molecular flexibility index (Phi) is 6.09. The quantitative estimate of drug-likeness (QED) is 0.719. The van der Waals surface area contributed by atoms with E-state index in [9.17, 15) is 9.59 Å². The molecule has 0 saturated carbocycles. The van der Waals surface area contributed by atoms with Gasteiger partial charge in [-0.3, -0.25) is 9.59 Å². The average Bonchev–Trinajstić information content (AvgIpc) is 2.55. The summed E-state index contributed by atoms with van der Waals surface area (Å²) >= 11 is 0. The summed E-state index contributed by atoms with van der Waals surface area (Å²) in [5.41, 5.74) is 1.08. The minimum atomic E-state index is -0.188. The summed E-state index contributed by atoms with van der Waals surface area (Å²) in [7, 11) is 1.81. The summed E-state index contributed by atoms with van der Waals surface area (Å²) in [4.78, 5) is 26.7. The molecule has 0 aliphatic carbocycles. The van der Waals surface area contributed by atoms with Crippen molar-refractivity contribution in [3.63, 3.8) is 0 Å². The molecule has 1 aromatic carbocycles. The molecule has 1 unspecified atom stereocenters. The van der Waals surface area contributed by atoms with Crippen LogP contribution in [-0.4, -0.2) is 63.2 Å². The van der Waals surface area contributed by atoms with Gasteiger partial charge in [-0.2, -0.15) is 5.26 Å². The number of likely N-dealkylation sites (N-methyl/N-ethyl adjacent to an activating group) is 1. The minimum Gasteiger partial charge on any atom is -0.378 e. The standard InChI is InChI=1S/C16H20N4O3/c1-19(12-16(22)20-5-7-23-8-6-20)11-15(21)18-14-4-2-3-13(9-14)10-17/h2-4,9H,5-8,11-12H2,1H3,(H,18,21)/p+1. The number of rotatable bonds is 5. The summed E-state index contributed by atoms with van der Waals surface area (Å²) in [6.07, 6.45) is 0. The van der Waals surface area contributed by atoms with Crippen LogP contribution in [0.25, 0.3) is 0 Å². The maximum Gasteiger partial charge on any atom is 0.279 e. The smallest absolute Gasteiger partial charge is 0.279 e. The van der Waals surface area contributed by atoms with Crippen LogP contribution in [0, 0.1) is 11.3 Å². The van der Waals surface area contributed by atoms with Crippen molar-refractivity contribution in [2.45, 2.75) is 0 Å². The predicted octanol–water partition coefficient (Wildman–Crippen LogP) is -1.13. The van der Waals surface area contributed by atoms with Crippen molar-refractivity contribution in [3.05, 3.63) is 29.8 Å². The van der Waals surface area contributed by atoms with Crippen LogP contribution in [0.3, 0.4) is 0 Å². The van der Waals surface area contributed by atoms with Gasteiger partial charge in [-0.25, -0.2) is 0 Å². The molecule has 2 rings (SSSR count). The van der Waals surface area contributed by atoms with Crippen molar-refractivity contribution in [1.82, 2.24) is 4.90 Å². The summed E-state index contributed by atoms with van der Waals surface area (Å²) in [6.45, 7) is 2.82. The fourth-order valence-electron chi connectivity index (χ4n) is 2.39. The number of nitriles is 1. The highest BCUT2D eigenvalue weighted by Gasteiger charge is 2.21. The number of nitrogens with one attached hydrogen (secondary N) is 2. The summed E-state index contributed by atoms with van der Waals surface area (Å²) in [5.74, 6) is -0.155. The van der Waals surface area contributed by atoms with E-state index < -0.39 is 0 Å². The molecule has 1 saturated heterocycles. The molecule has 1 heterocycles. The van der Waals surface area contributed by atoms with Crippen molar-refractivity contribution < 1.29 is 19.2 Å². The van der Waals surface area contributed by atoms with Gasteiger partial charge < -0.3 is 19.9 Å². The lowest BCUT2D eigenvalue weighted by molar-refractivity contribution is -0.862.